The van der Waals surface area contributed by atoms with Crippen molar-refractivity contribution < 1.29 is 0 Å². The van der Waals surface area contributed by atoms with Crippen molar-refractivity contribution in [3.8, 4) is 0 Å². The molecule has 1 aliphatic heterocycles. The first-order valence-corrected chi connectivity index (χ1v) is 4.01. The fourth-order valence-electron chi connectivity index (χ4n) is 1.72. The molecule has 0 fully saturated rings. The molecule has 0 aliphatic carbocycles. The van der Waals surface area contributed by atoms with Gasteiger partial charge in [0.15, 0.2) is 0 Å². The Morgan fingerprint density at radius 3 is 2.69 bits per heavy atom. The van der Waals surface area contributed by atoms with E-state index in [1.54, 1.807) is 0 Å². The Balaban J connectivity index is 0.000000720. The molecule has 0 radical (unpaired) electrons. The molecule has 0 saturated carbocycles. The number of aromatic nitrogens is 2. The van der Waals surface area contributed by atoms with Gasteiger partial charge in [-0.1, -0.05) is 0 Å². The summed E-state index contributed by atoms with van der Waals surface area (Å²) in [6.07, 6.45) is 1.13. The Bertz CT molecular complexity index is 257. The molecule has 0 atom stereocenters. The molecule has 1 aromatic rings. The van der Waals surface area contributed by atoms with E-state index in [-0.39, 0.29) is 24.8 Å². The fourth-order valence-corrected chi connectivity index (χ4v) is 1.72. The van der Waals surface area contributed by atoms with Gasteiger partial charge < -0.3 is 5.32 Å². The van der Waals surface area contributed by atoms with E-state index in [4.69, 9.17) is 0 Å². The second-order valence-corrected chi connectivity index (χ2v) is 3.06. The SMILES string of the molecule is Cc1nn(C)c2c1CCNC2.Cl.Cl. The van der Waals surface area contributed by atoms with Gasteiger partial charge in [-0.25, -0.2) is 0 Å². The third-order valence-electron chi connectivity index (χ3n) is 2.32. The Labute approximate surface area is 90.7 Å². The first kappa shape index (κ1) is 12.8. The molecule has 76 valence electrons. The molecule has 0 spiro atoms. The van der Waals surface area contributed by atoms with E-state index in [0.717, 1.165) is 19.5 Å². The zero-order valence-corrected chi connectivity index (χ0v) is 9.47. The Morgan fingerprint density at radius 2 is 2.08 bits per heavy atom. The van der Waals surface area contributed by atoms with Crippen molar-refractivity contribution in [3.63, 3.8) is 0 Å². The third-order valence-corrected chi connectivity index (χ3v) is 2.32. The molecule has 2 rings (SSSR count). The second-order valence-electron chi connectivity index (χ2n) is 3.06. The summed E-state index contributed by atoms with van der Waals surface area (Å²) in [6.45, 7) is 4.16. The van der Waals surface area contributed by atoms with Gasteiger partial charge in [0.25, 0.3) is 0 Å². The van der Waals surface area contributed by atoms with Crippen LogP contribution in [0, 0.1) is 6.92 Å². The van der Waals surface area contributed by atoms with E-state index in [0.29, 0.717) is 0 Å². The van der Waals surface area contributed by atoms with Crippen LogP contribution in [0.1, 0.15) is 17.0 Å². The number of rotatable bonds is 0. The highest BCUT2D eigenvalue weighted by Gasteiger charge is 2.15. The standard InChI is InChI=1S/C8H13N3.2ClH/c1-6-7-3-4-9-5-8(7)11(2)10-6;;/h9H,3-5H2,1-2H3;2*1H. The predicted molar refractivity (Wildman–Crippen MR) is 57.9 cm³/mol. The van der Waals surface area contributed by atoms with Crippen LogP contribution in [-0.4, -0.2) is 16.3 Å². The number of halogens is 2. The lowest BCUT2D eigenvalue weighted by molar-refractivity contribution is 0.593. The molecule has 0 amide bonds. The second kappa shape index (κ2) is 4.84. The van der Waals surface area contributed by atoms with Crippen molar-refractivity contribution in [3.05, 3.63) is 17.0 Å². The van der Waals surface area contributed by atoms with E-state index in [1.165, 1.54) is 17.0 Å². The van der Waals surface area contributed by atoms with Gasteiger partial charge in [0.1, 0.15) is 0 Å². The quantitative estimate of drug-likeness (QED) is 0.718. The molecule has 0 aromatic carbocycles. The van der Waals surface area contributed by atoms with Gasteiger partial charge in [-0.15, -0.1) is 24.8 Å². The van der Waals surface area contributed by atoms with Gasteiger partial charge in [0.2, 0.25) is 0 Å². The number of hydrogen-bond acceptors (Lipinski definition) is 2. The van der Waals surface area contributed by atoms with Crippen LogP contribution in [0.25, 0.3) is 0 Å². The summed E-state index contributed by atoms with van der Waals surface area (Å²) in [4.78, 5) is 0. The van der Waals surface area contributed by atoms with Gasteiger partial charge in [-0.05, 0) is 25.5 Å². The van der Waals surface area contributed by atoms with Gasteiger partial charge in [0, 0.05) is 13.6 Å². The van der Waals surface area contributed by atoms with Gasteiger partial charge in [0.05, 0.1) is 11.4 Å². The van der Waals surface area contributed by atoms with Gasteiger partial charge in [-0.2, -0.15) is 5.10 Å². The molecular formula is C8H15Cl2N3. The number of hydrogen-bond donors (Lipinski definition) is 1. The maximum atomic E-state index is 4.37. The van der Waals surface area contributed by atoms with Crippen LogP contribution in [0.5, 0.6) is 0 Å². The van der Waals surface area contributed by atoms with Crippen LogP contribution in [0.3, 0.4) is 0 Å². The summed E-state index contributed by atoms with van der Waals surface area (Å²) in [6, 6.07) is 0. The van der Waals surface area contributed by atoms with E-state index in [2.05, 4.69) is 17.3 Å². The van der Waals surface area contributed by atoms with E-state index in [1.807, 2.05) is 11.7 Å². The molecule has 5 heteroatoms. The molecule has 3 nitrogen and oxygen atoms in total. The van der Waals surface area contributed by atoms with Crippen LogP contribution in [0.15, 0.2) is 0 Å². The molecule has 0 unspecified atom stereocenters. The van der Waals surface area contributed by atoms with Crippen LogP contribution in [-0.2, 0) is 20.0 Å². The molecule has 1 aromatic heterocycles. The highest BCUT2D eigenvalue weighted by atomic mass is 35.5. The van der Waals surface area contributed by atoms with Crippen molar-refractivity contribution >= 4 is 24.8 Å². The summed E-state index contributed by atoms with van der Waals surface area (Å²) >= 11 is 0. The van der Waals surface area contributed by atoms with Crippen molar-refractivity contribution in [2.75, 3.05) is 6.54 Å². The number of nitrogens with one attached hydrogen (secondary N) is 1. The van der Waals surface area contributed by atoms with E-state index in [9.17, 15) is 0 Å². The number of fused-ring (bicyclic) bond motifs is 1. The lowest BCUT2D eigenvalue weighted by Gasteiger charge is -2.13. The van der Waals surface area contributed by atoms with Crippen molar-refractivity contribution in [2.24, 2.45) is 7.05 Å². The van der Waals surface area contributed by atoms with Gasteiger partial charge in [-0.3, -0.25) is 4.68 Å². The third kappa shape index (κ3) is 2.16. The molecule has 0 bridgehead atoms. The fraction of sp³-hybridized carbons (Fsp3) is 0.625. The average molecular weight is 224 g/mol. The molecule has 1 N–H and O–H groups in total. The maximum absolute atomic E-state index is 4.37. The monoisotopic (exact) mass is 223 g/mol. The first-order chi connectivity index (χ1) is 5.29. The van der Waals surface area contributed by atoms with Crippen LogP contribution in [0.4, 0.5) is 0 Å². The van der Waals surface area contributed by atoms with Crippen LogP contribution >= 0.6 is 24.8 Å². The van der Waals surface area contributed by atoms with E-state index >= 15 is 0 Å². The minimum Gasteiger partial charge on any atom is -0.311 e. The number of nitrogens with zero attached hydrogens (tertiary/aromatic N) is 2. The summed E-state index contributed by atoms with van der Waals surface area (Å²) in [5.41, 5.74) is 4.00. The smallest absolute Gasteiger partial charge is 0.0629 e. The average Bonchev–Trinajstić information content (AvgIpc) is 2.30. The molecule has 2 heterocycles. The van der Waals surface area contributed by atoms with Gasteiger partial charge >= 0.3 is 0 Å². The molecule has 0 saturated heterocycles. The number of aryl methyl sites for hydroxylation is 2. The molecular weight excluding hydrogens is 209 g/mol. The summed E-state index contributed by atoms with van der Waals surface area (Å²) in [5, 5.41) is 7.70. The van der Waals surface area contributed by atoms with Crippen molar-refractivity contribution in [1.29, 1.82) is 0 Å². The van der Waals surface area contributed by atoms with Crippen LogP contribution in [0.2, 0.25) is 0 Å². The normalized spacial score (nSPS) is 14.0. The lowest BCUT2D eigenvalue weighted by atomic mass is 10.1. The highest BCUT2D eigenvalue weighted by Crippen LogP contribution is 2.15. The predicted octanol–water partition coefficient (Wildman–Crippen LogP) is 1.22. The zero-order valence-electron chi connectivity index (χ0n) is 7.83. The Morgan fingerprint density at radius 1 is 1.38 bits per heavy atom. The summed E-state index contributed by atoms with van der Waals surface area (Å²) in [5.74, 6) is 0. The van der Waals surface area contributed by atoms with E-state index < -0.39 is 0 Å². The zero-order chi connectivity index (χ0) is 7.84. The Hall–Kier alpha value is -0.250. The first-order valence-electron chi connectivity index (χ1n) is 4.01. The Kier molecular flexibility index (Phi) is 4.75. The summed E-state index contributed by atoms with van der Waals surface area (Å²) < 4.78 is 1.98. The minimum absolute atomic E-state index is 0. The maximum Gasteiger partial charge on any atom is 0.0629 e. The molecule has 1 aliphatic rings. The largest absolute Gasteiger partial charge is 0.311 e. The topological polar surface area (TPSA) is 29.9 Å². The minimum atomic E-state index is 0. The molecule has 13 heavy (non-hydrogen) atoms. The lowest BCUT2D eigenvalue weighted by Crippen LogP contribution is -2.24. The van der Waals surface area contributed by atoms with Crippen molar-refractivity contribution in [1.82, 2.24) is 15.1 Å². The highest BCUT2D eigenvalue weighted by molar-refractivity contribution is 5.85. The van der Waals surface area contributed by atoms with Crippen LogP contribution < -0.4 is 5.32 Å². The summed E-state index contributed by atoms with van der Waals surface area (Å²) in [7, 11) is 2.01. The van der Waals surface area contributed by atoms with Crippen molar-refractivity contribution in [2.45, 2.75) is 19.9 Å².